The smallest absolute Gasteiger partial charge is 0.257 e. The summed E-state index contributed by atoms with van der Waals surface area (Å²) in [6.45, 7) is 6.24. The van der Waals surface area contributed by atoms with Crippen molar-refractivity contribution in [2.45, 2.75) is 39.2 Å². The maximum Gasteiger partial charge on any atom is 0.257 e. The number of benzene rings is 1. The molecule has 1 aliphatic rings. The lowest BCUT2D eigenvalue weighted by atomic mass is 9.95. The number of likely N-dealkylation sites (tertiary alicyclic amines) is 1. The summed E-state index contributed by atoms with van der Waals surface area (Å²) in [4.78, 5) is 15.0. The summed E-state index contributed by atoms with van der Waals surface area (Å²) >= 11 is 5.30. The summed E-state index contributed by atoms with van der Waals surface area (Å²) < 4.78 is 4.53. The Bertz CT molecular complexity index is 1030. The number of rotatable bonds is 4. The standard InChI is InChI=1S/C20H24N6OS/c1-3-25-18(22-23-20(25)28)15-9-11-24(12-10-15)19(27)17-13-21-26(14(17)2)16-7-5-4-6-8-16/h4-8,13,15H,3,9-12H2,1-2H3,(H,23,28). The van der Waals surface area contributed by atoms with Gasteiger partial charge in [-0.05, 0) is 51.0 Å². The number of aromatic amines is 1. The van der Waals surface area contributed by atoms with Gasteiger partial charge in [0.05, 0.1) is 23.1 Å². The Morgan fingerprint density at radius 1 is 1.25 bits per heavy atom. The number of hydrogen-bond donors (Lipinski definition) is 1. The summed E-state index contributed by atoms with van der Waals surface area (Å²) in [5.74, 6) is 1.38. The van der Waals surface area contributed by atoms with E-state index in [0.29, 0.717) is 29.3 Å². The monoisotopic (exact) mass is 396 g/mol. The maximum atomic E-state index is 13.1. The molecule has 0 atom stereocenters. The first-order chi connectivity index (χ1) is 13.6. The van der Waals surface area contributed by atoms with Crippen LogP contribution in [0.4, 0.5) is 0 Å². The molecule has 146 valence electrons. The molecule has 3 aromatic rings. The number of aromatic nitrogens is 5. The Morgan fingerprint density at radius 2 is 1.96 bits per heavy atom. The highest BCUT2D eigenvalue weighted by Crippen LogP contribution is 2.28. The molecular formula is C20H24N6OS. The Balaban J connectivity index is 1.48. The minimum absolute atomic E-state index is 0.0486. The fourth-order valence-electron chi connectivity index (χ4n) is 3.91. The first-order valence-corrected chi connectivity index (χ1v) is 10.1. The summed E-state index contributed by atoms with van der Waals surface area (Å²) in [7, 11) is 0. The molecule has 1 N–H and O–H groups in total. The molecule has 1 fully saturated rings. The van der Waals surface area contributed by atoms with Crippen LogP contribution in [0.25, 0.3) is 5.69 Å². The lowest BCUT2D eigenvalue weighted by Gasteiger charge is -2.31. The van der Waals surface area contributed by atoms with Crippen molar-refractivity contribution in [2.24, 2.45) is 0 Å². The normalized spacial score (nSPS) is 15.1. The fourth-order valence-corrected chi connectivity index (χ4v) is 4.18. The van der Waals surface area contributed by atoms with Crippen molar-refractivity contribution >= 4 is 18.1 Å². The zero-order valence-electron chi connectivity index (χ0n) is 16.1. The van der Waals surface area contributed by atoms with E-state index in [0.717, 1.165) is 36.6 Å². The van der Waals surface area contributed by atoms with Crippen LogP contribution in [0.2, 0.25) is 0 Å². The van der Waals surface area contributed by atoms with Crippen LogP contribution < -0.4 is 0 Å². The molecule has 3 heterocycles. The van der Waals surface area contributed by atoms with E-state index in [2.05, 4.69) is 22.2 Å². The molecule has 1 saturated heterocycles. The first-order valence-electron chi connectivity index (χ1n) is 9.64. The van der Waals surface area contributed by atoms with Crippen LogP contribution in [-0.2, 0) is 6.54 Å². The van der Waals surface area contributed by atoms with Crippen LogP contribution in [-0.4, -0.2) is 48.4 Å². The van der Waals surface area contributed by atoms with E-state index in [1.165, 1.54) is 0 Å². The minimum atomic E-state index is 0.0486. The van der Waals surface area contributed by atoms with Crippen LogP contribution in [0, 0.1) is 11.7 Å². The highest BCUT2D eigenvalue weighted by Gasteiger charge is 2.29. The van der Waals surface area contributed by atoms with E-state index >= 15 is 0 Å². The van der Waals surface area contributed by atoms with E-state index in [1.54, 1.807) is 6.20 Å². The van der Waals surface area contributed by atoms with Crippen molar-refractivity contribution < 1.29 is 4.79 Å². The number of nitrogens with zero attached hydrogens (tertiary/aromatic N) is 5. The Morgan fingerprint density at radius 3 is 2.64 bits per heavy atom. The molecule has 28 heavy (non-hydrogen) atoms. The molecule has 0 saturated carbocycles. The largest absolute Gasteiger partial charge is 0.338 e. The van der Waals surface area contributed by atoms with Crippen molar-refractivity contribution in [3.8, 4) is 5.69 Å². The van der Waals surface area contributed by atoms with E-state index in [-0.39, 0.29) is 5.91 Å². The molecule has 1 aromatic carbocycles. The van der Waals surface area contributed by atoms with Gasteiger partial charge in [0.15, 0.2) is 4.77 Å². The van der Waals surface area contributed by atoms with Gasteiger partial charge in [0.2, 0.25) is 0 Å². The van der Waals surface area contributed by atoms with E-state index in [9.17, 15) is 4.79 Å². The van der Waals surface area contributed by atoms with E-state index in [1.807, 2.05) is 51.4 Å². The van der Waals surface area contributed by atoms with Gasteiger partial charge in [-0.3, -0.25) is 9.89 Å². The van der Waals surface area contributed by atoms with E-state index in [4.69, 9.17) is 12.2 Å². The first kappa shape index (κ1) is 18.6. The van der Waals surface area contributed by atoms with Gasteiger partial charge in [0.25, 0.3) is 5.91 Å². The summed E-state index contributed by atoms with van der Waals surface area (Å²) in [5, 5.41) is 11.7. The number of para-hydroxylation sites is 1. The third-order valence-electron chi connectivity index (χ3n) is 5.49. The molecule has 0 spiro atoms. The van der Waals surface area contributed by atoms with Crippen molar-refractivity contribution in [3.05, 3.63) is 58.4 Å². The minimum Gasteiger partial charge on any atom is -0.338 e. The molecule has 2 aromatic heterocycles. The van der Waals surface area contributed by atoms with Gasteiger partial charge in [0.1, 0.15) is 5.82 Å². The Labute approximate surface area is 169 Å². The highest BCUT2D eigenvalue weighted by atomic mass is 32.1. The third kappa shape index (κ3) is 3.28. The van der Waals surface area contributed by atoms with Crippen LogP contribution in [0.15, 0.2) is 36.5 Å². The Hall–Kier alpha value is -2.74. The van der Waals surface area contributed by atoms with Crippen LogP contribution in [0.3, 0.4) is 0 Å². The average molecular weight is 397 g/mol. The second-order valence-corrected chi connectivity index (χ2v) is 7.48. The van der Waals surface area contributed by atoms with Crippen molar-refractivity contribution in [2.75, 3.05) is 13.1 Å². The molecule has 8 heteroatoms. The number of H-pyrrole nitrogens is 1. The van der Waals surface area contributed by atoms with Crippen LogP contribution in [0.5, 0.6) is 0 Å². The molecule has 7 nitrogen and oxygen atoms in total. The fraction of sp³-hybridized carbons (Fsp3) is 0.400. The zero-order chi connectivity index (χ0) is 19.7. The molecule has 0 radical (unpaired) electrons. The van der Waals surface area contributed by atoms with Crippen molar-refractivity contribution in [3.63, 3.8) is 0 Å². The number of nitrogens with one attached hydrogen (secondary N) is 1. The highest BCUT2D eigenvalue weighted by molar-refractivity contribution is 7.71. The summed E-state index contributed by atoms with van der Waals surface area (Å²) in [6, 6.07) is 9.87. The van der Waals surface area contributed by atoms with Gasteiger partial charge in [-0.2, -0.15) is 10.2 Å². The molecule has 1 aliphatic heterocycles. The Kier molecular flexibility index (Phi) is 5.13. The predicted octanol–water partition coefficient (Wildman–Crippen LogP) is 3.47. The molecule has 0 unspecified atom stereocenters. The molecule has 0 bridgehead atoms. The number of carbonyl (C=O) groups is 1. The number of hydrogen-bond acceptors (Lipinski definition) is 4. The van der Waals surface area contributed by atoms with Gasteiger partial charge >= 0.3 is 0 Å². The second kappa shape index (κ2) is 7.71. The summed E-state index contributed by atoms with van der Waals surface area (Å²) in [5.41, 5.74) is 2.49. The second-order valence-electron chi connectivity index (χ2n) is 7.09. The van der Waals surface area contributed by atoms with Crippen LogP contribution >= 0.6 is 12.2 Å². The predicted molar refractivity (Wildman–Crippen MR) is 109 cm³/mol. The summed E-state index contributed by atoms with van der Waals surface area (Å²) in [6.07, 6.45) is 3.45. The zero-order valence-corrected chi connectivity index (χ0v) is 16.9. The number of carbonyl (C=O) groups excluding carboxylic acids is 1. The molecule has 4 rings (SSSR count). The van der Waals surface area contributed by atoms with Crippen LogP contribution in [0.1, 0.15) is 47.6 Å². The topological polar surface area (TPSA) is 71.7 Å². The number of amides is 1. The van der Waals surface area contributed by atoms with Crippen molar-refractivity contribution in [1.82, 2.24) is 29.4 Å². The van der Waals surface area contributed by atoms with Gasteiger partial charge in [-0.15, -0.1) is 0 Å². The molecule has 1 amide bonds. The number of piperidine rings is 1. The van der Waals surface area contributed by atoms with Gasteiger partial charge in [-0.25, -0.2) is 4.68 Å². The van der Waals surface area contributed by atoms with Gasteiger partial charge < -0.3 is 9.47 Å². The average Bonchev–Trinajstić information content (AvgIpc) is 3.30. The lowest BCUT2D eigenvalue weighted by Crippen LogP contribution is -2.38. The maximum absolute atomic E-state index is 13.1. The van der Waals surface area contributed by atoms with E-state index < -0.39 is 0 Å². The lowest BCUT2D eigenvalue weighted by molar-refractivity contribution is 0.0709. The SMILES string of the molecule is CCn1c(C2CCN(C(=O)c3cnn(-c4ccccc4)c3C)CC2)n[nH]c1=S. The molecular weight excluding hydrogens is 372 g/mol. The van der Waals surface area contributed by atoms with Gasteiger partial charge in [-0.1, -0.05) is 18.2 Å². The quantitative estimate of drug-likeness (QED) is 0.686. The molecule has 0 aliphatic carbocycles. The van der Waals surface area contributed by atoms with Crippen molar-refractivity contribution in [1.29, 1.82) is 0 Å². The van der Waals surface area contributed by atoms with Gasteiger partial charge in [0, 0.05) is 25.6 Å². The third-order valence-corrected chi connectivity index (χ3v) is 5.80.